The average Bonchev–Trinajstić information content (AvgIpc) is 2.73. The molecule has 0 unspecified atom stereocenters. The van der Waals surface area contributed by atoms with Crippen molar-refractivity contribution in [1.82, 2.24) is 0 Å². The van der Waals surface area contributed by atoms with E-state index in [1.165, 1.54) is 0 Å². The number of ether oxygens (including phenoxy) is 1. The summed E-state index contributed by atoms with van der Waals surface area (Å²) in [5.74, 6) is 0.0277. The Balaban J connectivity index is 1.95. The van der Waals surface area contributed by atoms with Gasteiger partial charge in [0.25, 0.3) is 5.91 Å². The van der Waals surface area contributed by atoms with E-state index in [1.807, 2.05) is 55.5 Å². The van der Waals surface area contributed by atoms with Crippen LogP contribution in [0.2, 0.25) is 0 Å². The summed E-state index contributed by atoms with van der Waals surface area (Å²) < 4.78 is 6.04. The number of carbonyl (C=O) groups is 1. The second-order valence-corrected chi connectivity index (χ2v) is 4.95. The van der Waals surface area contributed by atoms with E-state index >= 15 is 0 Å². The zero-order valence-corrected chi connectivity index (χ0v) is 10.5. The summed E-state index contributed by atoms with van der Waals surface area (Å²) in [5, 5.41) is 0. The Kier molecular flexibility index (Phi) is 2.09. The lowest BCUT2D eigenvalue weighted by molar-refractivity contribution is -0.0102. The molecule has 3 nitrogen and oxygen atoms in total. The lowest BCUT2D eigenvalue weighted by Gasteiger charge is -2.35. The highest BCUT2D eigenvalue weighted by molar-refractivity contribution is 6.11. The molecule has 2 aliphatic rings. The van der Waals surface area contributed by atoms with Gasteiger partial charge in [-0.2, -0.15) is 0 Å². The molecule has 0 spiro atoms. The molecule has 2 atom stereocenters. The van der Waals surface area contributed by atoms with Gasteiger partial charge in [0.2, 0.25) is 0 Å². The Morgan fingerprint density at radius 3 is 2.53 bits per heavy atom. The van der Waals surface area contributed by atoms with E-state index < -0.39 is 0 Å². The number of nitrogens with zero attached hydrogens (tertiary/aromatic N) is 1. The van der Waals surface area contributed by atoms with Crippen LogP contribution in [0.4, 0.5) is 5.69 Å². The van der Waals surface area contributed by atoms with Gasteiger partial charge in [0.05, 0.1) is 11.8 Å². The molecule has 0 aliphatic carbocycles. The van der Waals surface area contributed by atoms with Crippen LogP contribution >= 0.6 is 0 Å². The first-order valence-corrected chi connectivity index (χ1v) is 6.44. The van der Waals surface area contributed by atoms with Crippen LogP contribution in [0.1, 0.15) is 40.7 Å². The summed E-state index contributed by atoms with van der Waals surface area (Å²) in [6.45, 7) is 2.03. The van der Waals surface area contributed by atoms with Crippen molar-refractivity contribution in [2.75, 3.05) is 4.90 Å². The minimum atomic E-state index is -0.284. The number of hydrogen-bond donors (Lipinski definition) is 0. The number of benzene rings is 2. The summed E-state index contributed by atoms with van der Waals surface area (Å²) in [4.78, 5) is 14.3. The Morgan fingerprint density at radius 2 is 1.68 bits per heavy atom. The molecule has 0 saturated heterocycles. The summed E-state index contributed by atoms with van der Waals surface area (Å²) in [7, 11) is 0. The fourth-order valence-electron chi connectivity index (χ4n) is 2.97. The number of carbonyl (C=O) groups excluding carboxylic acids is 1. The molecule has 0 aromatic heterocycles. The first-order valence-electron chi connectivity index (χ1n) is 6.44. The number of fused-ring (bicyclic) bond motifs is 5. The zero-order chi connectivity index (χ0) is 13.0. The highest BCUT2D eigenvalue weighted by atomic mass is 16.5. The van der Waals surface area contributed by atoms with Crippen molar-refractivity contribution in [3.63, 3.8) is 0 Å². The van der Waals surface area contributed by atoms with E-state index in [2.05, 4.69) is 0 Å². The largest absolute Gasteiger partial charge is 0.346 e. The van der Waals surface area contributed by atoms with E-state index in [0.717, 1.165) is 22.4 Å². The van der Waals surface area contributed by atoms with Gasteiger partial charge in [0.1, 0.15) is 0 Å². The van der Waals surface area contributed by atoms with E-state index in [0.29, 0.717) is 0 Å². The van der Waals surface area contributed by atoms with Crippen LogP contribution in [0.15, 0.2) is 48.5 Å². The second kappa shape index (κ2) is 3.68. The van der Waals surface area contributed by atoms with Gasteiger partial charge in [-0.1, -0.05) is 36.4 Å². The standard InChI is InChI=1S/C16H13NO2/c1-10-11-6-4-5-9-14(11)17-15(18)12-7-2-3-8-13(12)16(17)19-10/h2-10,16H,1H3/t10-,16-/m0/s1. The summed E-state index contributed by atoms with van der Waals surface area (Å²) in [5.41, 5.74) is 3.75. The Labute approximate surface area is 111 Å². The van der Waals surface area contributed by atoms with E-state index in [-0.39, 0.29) is 18.2 Å². The van der Waals surface area contributed by atoms with Crippen molar-refractivity contribution in [1.29, 1.82) is 0 Å². The van der Waals surface area contributed by atoms with Crippen LogP contribution in [0.5, 0.6) is 0 Å². The maximum atomic E-state index is 12.5. The molecular weight excluding hydrogens is 238 g/mol. The molecule has 0 bridgehead atoms. The van der Waals surface area contributed by atoms with Crippen LogP contribution in [0, 0.1) is 0 Å². The Hall–Kier alpha value is -2.13. The minimum Gasteiger partial charge on any atom is -0.346 e. The Bertz CT molecular complexity index is 680. The Morgan fingerprint density at radius 1 is 1.00 bits per heavy atom. The lowest BCUT2D eigenvalue weighted by Crippen LogP contribution is -2.34. The molecule has 0 radical (unpaired) electrons. The van der Waals surface area contributed by atoms with Crippen molar-refractivity contribution in [3.05, 3.63) is 65.2 Å². The van der Waals surface area contributed by atoms with Crippen molar-refractivity contribution in [2.45, 2.75) is 19.3 Å². The molecule has 0 fully saturated rings. The van der Waals surface area contributed by atoms with Gasteiger partial charge in [-0.15, -0.1) is 0 Å². The minimum absolute atomic E-state index is 0.00333. The maximum Gasteiger partial charge on any atom is 0.261 e. The second-order valence-electron chi connectivity index (χ2n) is 4.95. The molecule has 2 aromatic rings. The lowest BCUT2D eigenvalue weighted by atomic mass is 10.0. The zero-order valence-electron chi connectivity index (χ0n) is 10.5. The van der Waals surface area contributed by atoms with Gasteiger partial charge in [-0.05, 0) is 19.1 Å². The van der Waals surface area contributed by atoms with Crippen molar-refractivity contribution < 1.29 is 9.53 Å². The highest BCUT2D eigenvalue weighted by Gasteiger charge is 2.43. The van der Waals surface area contributed by atoms with Gasteiger partial charge < -0.3 is 4.74 Å². The van der Waals surface area contributed by atoms with E-state index in [4.69, 9.17) is 4.74 Å². The summed E-state index contributed by atoms with van der Waals surface area (Å²) in [6, 6.07) is 15.6. The number of anilines is 1. The predicted molar refractivity (Wildman–Crippen MR) is 71.9 cm³/mol. The first kappa shape index (κ1) is 10.8. The van der Waals surface area contributed by atoms with Crippen molar-refractivity contribution in [3.8, 4) is 0 Å². The van der Waals surface area contributed by atoms with Crippen LogP contribution in [0.25, 0.3) is 0 Å². The molecule has 2 heterocycles. The van der Waals surface area contributed by atoms with Crippen LogP contribution in [-0.4, -0.2) is 5.91 Å². The van der Waals surface area contributed by atoms with Gasteiger partial charge in [-0.3, -0.25) is 9.69 Å². The number of hydrogen-bond acceptors (Lipinski definition) is 2. The number of para-hydroxylation sites is 1. The summed E-state index contributed by atoms with van der Waals surface area (Å²) >= 11 is 0. The van der Waals surface area contributed by atoms with E-state index in [1.54, 1.807) is 4.90 Å². The SMILES string of the molecule is C[C@@H]1O[C@H]2c3ccccc3C(=O)N2c2ccccc21. The molecule has 0 saturated carbocycles. The maximum absolute atomic E-state index is 12.5. The van der Waals surface area contributed by atoms with Gasteiger partial charge in [0.15, 0.2) is 6.23 Å². The molecule has 94 valence electrons. The first-order chi connectivity index (χ1) is 9.27. The van der Waals surface area contributed by atoms with Gasteiger partial charge in [0, 0.05) is 16.7 Å². The van der Waals surface area contributed by atoms with E-state index in [9.17, 15) is 4.79 Å². The molecule has 1 amide bonds. The third-order valence-electron chi connectivity index (χ3n) is 3.88. The molecular formula is C16H13NO2. The van der Waals surface area contributed by atoms with Gasteiger partial charge in [-0.25, -0.2) is 0 Å². The fraction of sp³-hybridized carbons (Fsp3) is 0.188. The molecule has 2 aromatic carbocycles. The third kappa shape index (κ3) is 1.33. The normalized spacial score (nSPS) is 23.8. The van der Waals surface area contributed by atoms with Crippen LogP contribution in [-0.2, 0) is 4.74 Å². The predicted octanol–water partition coefficient (Wildman–Crippen LogP) is 3.44. The molecule has 2 aliphatic heterocycles. The third-order valence-corrected chi connectivity index (χ3v) is 3.88. The number of amides is 1. The monoisotopic (exact) mass is 251 g/mol. The van der Waals surface area contributed by atoms with Crippen molar-refractivity contribution >= 4 is 11.6 Å². The topological polar surface area (TPSA) is 29.5 Å². The molecule has 0 N–H and O–H groups in total. The van der Waals surface area contributed by atoms with Gasteiger partial charge >= 0.3 is 0 Å². The molecule has 19 heavy (non-hydrogen) atoms. The smallest absolute Gasteiger partial charge is 0.261 e. The molecule has 4 rings (SSSR count). The van der Waals surface area contributed by atoms with Crippen LogP contribution in [0.3, 0.4) is 0 Å². The highest BCUT2D eigenvalue weighted by Crippen LogP contribution is 2.47. The summed E-state index contributed by atoms with van der Waals surface area (Å²) in [6.07, 6.45) is -0.287. The molecule has 3 heteroatoms. The quantitative estimate of drug-likeness (QED) is 0.717. The average molecular weight is 251 g/mol. The van der Waals surface area contributed by atoms with Crippen LogP contribution < -0.4 is 4.90 Å². The van der Waals surface area contributed by atoms with Crippen molar-refractivity contribution in [2.24, 2.45) is 0 Å². The fourth-order valence-corrected chi connectivity index (χ4v) is 2.97. The number of rotatable bonds is 0.